The summed E-state index contributed by atoms with van der Waals surface area (Å²) in [5, 5.41) is 0.395. The van der Waals surface area contributed by atoms with Crippen molar-refractivity contribution in [2.24, 2.45) is 10.8 Å². The Balaban J connectivity index is 0.943. The first-order valence-electron chi connectivity index (χ1n) is 18.5. The molecule has 0 radical (unpaired) electrons. The van der Waals surface area contributed by atoms with Crippen LogP contribution in [0.2, 0.25) is 5.02 Å². The van der Waals surface area contributed by atoms with E-state index >= 15 is 4.39 Å². The summed E-state index contributed by atoms with van der Waals surface area (Å²) in [4.78, 5) is 46.3. The zero-order valence-corrected chi connectivity index (χ0v) is 31.7. The maximum atomic E-state index is 16.5. The molecule has 2 aromatic carbocycles. The van der Waals surface area contributed by atoms with Gasteiger partial charge < -0.3 is 19.3 Å². The van der Waals surface area contributed by atoms with Gasteiger partial charge in [-0.1, -0.05) is 41.9 Å². The van der Waals surface area contributed by atoms with Crippen LogP contribution in [0, 0.1) is 16.6 Å². The van der Waals surface area contributed by atoms with Crippen LogP contribution in [0.3, 0.4) is 0 Å². The van der Waals surface area contributed by atoms with Crippen molar-refractivity contribution in [3.63, 3.8) is 0 Å². The zero-order valence-electron chi connectivity index (χ0n) is 31.0. The molecule has 0 N–H and O–H groups in total. The number of aryl methyl sites for hydroxylation is 1. The minimum atomic E-state index is -0.460. The number of benzene rings is 2. The van der Waals surface area contributed by atoms with Crippen LogP contribution in [-0.4, -0.2) is 113 Å². The molecular formula is C41H43ClFN7O4. The molecule has 4 fully saturated rings. The van der Waals surface area contributed by atoms with Crippen LogP contribution in [-0.2, 0) is 22.6 Å². The molecule has 1 aliphatic carbocycles. The lowest BCUT2D eigenvalue weighted by Gasteiger charge is -2.61. The molecule has 11 nitrogen and oxygen atoms in total. The fourth-order valence-electron chi connectivity index (χ4n) is 9.55. The smallest absolute Gasteiger partial charge is 0.237 e. The average molecular weight is 752 g/mol. The summed E-state index contributed by atoms with van der Waals surface area (Å²) in [5.41, 5.74) is 6.30. The van der Waals surface area contributed by atoms with Gasteiger partial charge in [0.15, 0.2) is 0 Å². The molecule has 2 aromatic heterocycles. The van der Waals surface area contributed by atoms with E-state index in [4.69, 9.17) is 26.1 Å². The Hall–Kier alpha value is -4.65. The van der Waals surface area contributed by atoms with Crippen molar-refractivity contribution in [3.8, 4) is 45.4 Å². The van der Waals surface area contributed by atoms with Gasteiger partial charge in [-0.05, 0) is 30.5 Å². The number of hydrogen-bond donors (Lipinski definition) is 0. The number of methoxy groups -OCH3 is 2. The summed E-state index contributed by atoms with van der Waals surface area (Å²) in [6, 6.07) is 13.1. The van der Waals surface area contributed by atoms with Crippen LogP contribution in [0.4, 0.5) is 4.39 Å². The van der Waals surface area contributed by atoms with E-state index in [1.54, 1.807) is 52.5 Å². The van der Waals surface area contributed by atoms with Crippen molar-refractivity contribution in [2.75, 3.05) is 66.6 Å². The highest BCUT2D eigenvalue weighted by molar-refractivity contribution is 6.36. The highest BCUT2D eigenvalue weighted by Crippen LogP contribution is 2.50. The van der Waals surface area contributed by atoms with Gasteiger partial charge in [-0.3, -0.25) is 24.4 Å². The average Bonchev–Trinajstić information content (AvgIpc) is 3.51. The van der Waals surface area contributed by atoms with Crippen LogP contribution in [0.15, 0.2) is 48.7 Å². The number of ether oxygens (including phenoxy) is 2. The van der Waals surface area contributed by atoms with Gasteiger partial charge in [0.25, 0.3) is 0 Å². The number of pyridine rings is 1. The monoisotopic (exact) mass is 751 g/mol. The van der Waals surface area contributed by atoms with Gasteiger partial charge in [-0.2, -0.15) is 0 Å². The fourth-order valence-corrected chi connectivity index (χ4v) is 9.87. The van der Waals surface area contributed by atoms with Crippen molar-refractivity contribution in [3.05, 3.63) is 76.3 Å². The molecule has 2 amide bonds. The lowest BCUT2D eigenvalue weighted by atomic mass is 9.72. The first-order chi connectivity index (χ1) is 26.0. The Labute approximate surface area is 319 Å². The molecule has 0 bridgehead atoms. The van der Waals surface area contributed by atoms with Gasteiger partial charge in [0.1, 0.15) is 11.5 Å². The second-order valence-corrected chi connectivity index (χ2v) is 16.4. The standard InChI is InChI=1S/C41H43ClFN7O4/c1-24(51)48-18-40(19-48)16-47(17-40)15-33-38(53-3)46-32(14-44-33)30-10-6-8-28(37(30)43)27-7-5-9-29(36(27)42)31-13-26-11-12-34(35(26)39(45-31)54-4)50-22-41(23-50)20-49(21-41)25(2)52/h5-10,13-14,34H,11-12,15-23H2,1-4H3/t34-/m0/s1. The summed E-state index contributed by atoms with van der Waals surface area (Å²) in [6.07, 6.45) is 3.46. The molecule has 54 heavy (non-hydrogen) atoms. The van der Waals surface area contributed by atoms with E-state index < -0.39 is 5.82 Å². The van der Waals surface area contributed by atoms with E-state index in [1.165, 1.54) is 5.56 Å². The maximum absolute atomic E-state index is 16.5. The summed E-state index contributed by atoms with van der Waals surface area (Å²) in [5.74, 6) is 0.749. The van der Waals surface area contributed by atoms with Gasteiger partial charge >= 0.3 is 0 Å². The Bertz CT molecular complexity index is 2190. The third-order valence-electron chi connectivity index (χ3n) is 12.2. The topological polar surface area (TPSA) is 104 Å². The van der Waals surface area contributed by atoms with Crippen LogP contribution in [0.5, 0.6) is 11.8 Å². The number of carbonyl (C=O) groups excluding carboxylic acids is 2. The van der Waals surface area contributed by atoms with Gasteiger partial charge in [-0.25, -0.2) is 14.4 Å². The highest BCUT2D eigenvalue weighted by Gasteiger charge is 2.55. The number of carbonyl (C=O) groups is 2. The third-order valence-corrected chi connectivity index (χ3v) is 12.6. The van der Waals surface area contributed by atoms with E-state index in [9.17, 15) is 9.59 Å². The summed E-state index contributed by atoms with van der Waals surface area (Å²) >= 11 is 7.13. The van der Waals surface area contributed by atoms with Crippen LogP contribution in [0.1, 0.15) is 43.1 Å². The first-order valence-corrected chi connectivity index (χ1v) is 18.9. The number of fused-ring (bicyclic) bond motifs is 1. The highest BCUT2D eigenvalue weighted by atomic mass is 35.5. The first kappa shape index (κ1) is 35.1. The van der Waals surface area contributed by atoms with Crippen molar-refractivity contribution in [1.82, 2.24) is 34.6 Å². The Morgan fingerprint density at radius 3 is 2.06 bits per heavy atom. The molecule has 4 saturated heterocycles. The van der Waals surface area contributed by atoms with Crippen LogP contribution < -0.4 is 9.47 Å². The Kier molecular flexibility index (Phi) is 8.44. The molecule has 13 heteroatoms. The van der Waals surface area contributed by atoms with E-state index in [0.717, 1.165) is 70.8 Å². The van der Waals surface area contributed by atoms with Gasteiger partial charge in [-0.15, -0.1) is 0 Å². The number of likely N-dealkylation sites (tertiary alicyclic amines) is 4. The number of hydrogen-bond acceptors (Lipinski definition) is 9. The van der Waals surface area contributed by atoms with E-state index in [1.807, 2.05) is 28.0 Å². The van der Waals surface area contributed by atoms with Crippen molar-refractivity contribution in [1.29, 1.82) is 0 Å². The second-order valence-electron chi connectivity index (χ2n) is 16.0. The van der Waals surface area contributed by atoms with Crippen molar-refractivity contribution < 1.29 is 23.5 Å². The summed E-state index contributed by atoms with van der Waals surface area (Å²) < 4.78 is 28.1. The Morgan fingerprint density at radius 1 is 0.815 bits per heavy atom. The minimum Gasteiger partial charge on any atom is -0.481 e. The molecule has 280 valence electrons. The number of amides is 2. The molecule has 0 unspecified atom stereocenters. The minimum absolute atomic E-state index is 0.119. The predicted octanol–water partition coefficient (Wildman–Crippen LogP) is 5.50. The van der Waals surface area contributed by atoms with Gasteiger partial charge in [0.2, 0.25) is 23.6 Å². The van der Waals surface area contributed by atoms with Crippen LogP contribution in [0.25, 0.3) is 33.6 Å². The summed E-state index contributed by atoms with van der Waals surface area (Å²) in [7, 11) is 3.20. The largest absolute Gasteiger partial charge is 0.481 e. The van der Waals surface area contributed by atoms with E-state index in [-0.39, 0.29) is 28.7 Å². The maximum Gasteiger partial charge on any atom is 0.237 e. The molecule has 5 aliphatic rings. The number of halogens is 2. The molecule has 4 aromatic rings. The molecule has 6 heterocycles. The van der Waals surface area contributed by atoms with Gasteiger partial charge in [0.05, 0.1) is 36.8 Å². The van der Waals surface area contributed by atoms with E-state index in [0.29, 0.717) is 62.7 Å². The third kappa shape index (κ3) is 5.72. The van der Waals surface area contributed by atoms with Gasteiger partial charge in [0, 0.05) is 117 Å². The number of aromatic nitrogens is 3. The second kappa shape index (κ2) is 13.0. The normalized spacial score (nSPS) is 20.9. The molecule has 9 rings (SSSR count). The lowest BCUT2D eigenvalue weighted by Crippen LogP contribution is -2.72. The van der Waals surface area contributed by atoms with Crippen LogP contribution >= 0.6 is 11.6 Å². The zero-order chi connectivity index (χ0) is 37.5. The van der Waals surface area contributed by atoms with Crippen molar-refractivity contribution in [2.45, 2.75) is 39.3 Å². The number of nitrogens with zero attached hydrogens (tertiary/aromatic N) is 7. The lowest BCUT2D eigenvalue weighted by molar-refractivity contribution is -0.161. The molecule has 1 atom stereocenters. The fraction of sp³-hybridized carbons (Fsp3) is 0.439. The van der Waals surface area contributed by atoms with Crippen molar-refractivity contribution >= 4 is 23.4 Å². The predicted molar refractivity (Wildman–Crippen MR) is 201 cm³/mol. The quantitative estimate of drug-likeness (QED) is 0.231. The molecule has 0 saturated carbocycles. The number of rotatable bonds is 8. The Morgan fingerprint density at radius 2 is 1.41 bits per heavy atom. The van der Waals surface area contributed by atoms with E-state index in [2.05, 4.69) is 25.8 Å². The molecule has 4 aliphatic heterocycles. The molecular weight excluding hydrogens is 709 g/mol. The molecule has 2 spiro atoms. The SMILES string of the molecule is COc1nc(-c2cccc(-c3cccc(-c4cc5c(c(OC)n4)[C@@H](N4CC6(CN(C(C)=O)C6)C4)CC5)c3Cl)c2F)cnc1CN1CC2(C1)CN(C(C)=O)C2. The summed E-state index contributed by atoms with van der Waals surface area (Å²) in [6.45, 7) is 10.8.